The van der Waals surface area contributed by atoms with E-state index in [9.17, 15) is 4.79 Å². The number of methoxy groups -OCH3 is 1. The molecule has 0 spiro atoms. The zero-order chi connectivity index (χ0) is 13.7. The molecule has 1 heterocycles. The molecule has 1 aromatic heterocycles. The van der Waals surface area contributed by atoms with Crippen LogP contribution in [0.4, 0.5) is 0 Å². The quantitative estimate of drug-likeness (QED) is 0.823. The third-order valence-electron chi connectivity index (χ3n) is 2.70. The Bertz CT molecular complexity index is 556. The summed E-state index contributed by atoms with van der Waals surface area (Å²) in [6.45, 7) is 0.469. The summed E-state index contributed by atoms with van der Waals surface area (Å²) in [6.07, 6.45) is 0.199. The van der Waals surface area contributed by atoms with Gasteiger partial charge < -0.3 is 14.6 Å². The molecule has 0 saturated carbocycles. The van der Waals surface area contributed by atoms with Crippen molar-refractivity contribution in [3.05, 3.63) is 30.0 Å². The molecule has 1 amide bonds. The Balaban J connectivity index is 2.02. The first kappa shape index (κ1) is 14.0. The van der Waals surface area contributed by atoms with Gasteiger partial charge in [0.1, 0.15) is 5.69 Å². The second-order valence-electron chi connectivity index (χ2n) is 4.18. The molecule has 5 nitrogen and oxygen atoms in total. The molecule has 2 aromatic rings. The van der Waals surface area contributed by atoms with Crippen LogP contribution in [0, 0.1) is 0 Å². The van der Waals surface area contributed by atoms with Crippen molar-refractivity contribution in [3.8, 4) is 0 Å². The van der Waals surface area contributed by atoms with Crippen LogP contribution in [0.1, 0.15) is 5.69 Å². The van der Waals surface area contributed by atoms with Crippen LogP contribution in [0.3, 0.4) is 0 Å². The number of alkyl halides is 1. The van der Waals surface area contributed by atoms with Gasteiger partial charge in [0.15, 0.2) is 5.58 Å². The minimum absolute atomic E-state index is 0.0457. The van der Waals surface area contributed by atoms with E-state index >= 15 is 0 Å². The summed E-state index contributed by atoms with van der Waals surface area (Å²) in [5.41, 5.74) is 1.35. The van der Waals surface area contributed by atoms with Crippen molar-refractivity contribution >= 4 is 32.8 Å². The largest absolute Gasteiger partial charge is 0.383 e. The van der Waals surface area contributed by atoms with Crippen molar-refractivity contribution in [3.63, 3.8) is 0 Å². The normalized spacial score (nSPS) is 12.5. The predicted molar refractivity (Wildman–Crippen MR) is 75.3 cm³/mol. The summed E-state index contributed by atoms with van der Waals surface area (Å²) in [5, 5.41) is 8.33. The summed E-state index contributed by atoms with van der Waals surface area (Å²) in [5.74, 6) is -0.0967. The van der Waals surface area contributed by atoms with Gasteiger partial charge in [-0.1, -0.05) is 33.2 Å². The first-order valence-corrected chi connectivity index (χ1v) is 7.04. The van der Waals surface area contributed by atoms with Crippen molar-refractivity contribution in [1.29, 1.82) is 0 Å². The summed E-state index contributed by atoms with van der Waals surface area (Å²) < 4.78 is 10.2. The number of carbonyl (C=O) groups excluding carboxylic acids is 1. The Morgan fingerprint density at radius 2 is 2.32 bits per heavy atom. The number of para-hydroxylation sites is 1. The van der Waals surface area contributed by atoms with Crippen LogP contribution in [-0.4, -0.2) is 36.2 Å². The topological polar surface area (TPSA) is 64.4 Å². The van der Waals surface area contributed by atoms with Gasteiger partial charge in [0.2, 0.25) is 5.91 Å². The molecule has 1 N–H and O–H groups in total. The van der Waals surface area contributed by atoms with Crippen LogP contribution < -0.4 is 5.32 Å². The van der Waals surface area contributed by atoms with Crippen molar-refractivity contribution in [2.45, 2.75) is 12.5 Å². The molecule has 0 aliphatic heterocycles. The molecule has 0 aliphatic rings. The van der Waals surface area contributed by atoms with Gasteiger partial charge in [-0.25, -0.2) is 0 Å². The molecule has 0 radical (unpaired) electrons. The molecular weight excluding hydrogens is 312 g/mol. The van der Waals surface area contributed by atoms with E-state index in [-0.39, 0.29) is 18.4 Å². The van der Waals surface area contributed by atoms with Crippen molar-refractivity contribution < 1.29 is 14.1 Å². The van der Waals surface area contributed by atoms with Crippen LogP contribution in [0.2, 0.25) is 0 Å². The van der Waals surface area contributed by atoms with E-state index in [4.69, 9.17) is 9.26 Å². The Kier molecular flexibility index (Phi) is 4.93. The van der Waals surface area contributed by atoms with Crippen molar-refractivity contribution in [2.24, 2.45) is 0 Å². The second kappa shape index (κ2) is 6.68. The lowest BCUT2D eigenvalue weighted by Gasteiger charge is -2.14. The lowest BCUT2D eigenvalue weighted by Crippen LogP contribution is -2.40. The van der Waals surface area contributed by atoms with Gasteiger partial charge in [-0.3, -0.25) is 4.79 Å². The number of halogens is 1. The molecule has 0 bridgehead atoms. The molecule has 1 aromatic carbocycles. The van der Waals surface area contributed by atoms with E-state index in [0.29, 0.717) is 23.2 Å². The minimum atomic E-state index is -0.0967. The van der Waals surface area contributed by atoms with Gasteiger partial charge in [-0.05, 0) is 12.1 Å². The number of hydrogen-bond acceptors (Lipinski definition) is 4. The lowest BCUT2D eigenvalue weighted by molar-refractivity contribution is -0.121. The van der Waals surface area contributed by atoms with Gasteiger partial charge in [0, 0.05) is 17.8 Å². The van der Waals surface area contributed by atoms with E-state index in [1.165, 1.54) is 0 Å². The standard InChI is InChI=1S/C13H15BrN2O3/c1-18-8-9(7-14)15-13(17)6-11-10-4-2-3-5-12(10)19-16-11/h2-5,9H,6-8H2,1H3,(H,15,17). The van der Waals surface area contributed by atoms with E-state index in [2.05, 4.69) is 26.4 Å². The predicted octanol–water partition coefficient (Wildman–Crippen LogP) is 1.90. The Morgan fingerprint density at radius 1 is 1.53 bits per heavy atom. The lowest BCUT2D eigenvalue weighted by atomic mass is 10.1. The number of amides is 1. The Labute approximate surface area is 119 Å². The van der Waals surface area contributed by atoms with E-state index in [1.54, 1.807) is 7.11 Å². The maximum atomic E-state index is 11.9. The van der Waals surface area contributed by atoms with Crippen LogP contribution in [0.25, 0.3) is 11.0 Å². The summed E-state index contributed by atoms with van der Waals surface area (Å²) in [6, 6.07) is 7.45. The van der Waals surface area contributed by atoms with Crippen LogP contribution in [-0.2, 0) is 16.0 Å². The monoisotopic (exact) mass is 326 g/mol. The number of hydrogen-bond donors (Lipinski definition) is 1. The number of ether oxygens (including phenoxy) is 1. The third-order valence-corrected chi connectivity index (χ3v) is 3.48. The van der Waals surface area contributed by atoms with Gasteiger partial charge >= 0.3 is 0 Å². The number of fused-ring (bicyclic) bond motifs is 1. The SMILES string of the molecule is COCC(CBr)NC(=O)Cc1noc2ccccc12. The van der Waals surface area contributed by atoms with Gasteiger partial charge in [-0.15, -0.1) is 0 Å². The smallest absolute Gasteiger partial charge is 0.226 e. The fourth-order valence-corrected chi connectivity index (χ4v) is 2.17. The number of aromatic nitrogens is 1. The fourth-order valence-electron chi connectivity index (χ4n) is 1.82. The molecule has 0 saturated heterocycles. The average molecular weight is 327 g/mol. The average Bonchev–Trinajstić information content (AvgIpc) is 2.82. The van der Waals surface area contributed by atoms with E-state index < -0.39 is 0 Å². The first-order valence-electron chi connectivity index (χ1n) is 5.92. The molecule has 0 fully saturated rings. The molecule has 1 atom stereocenters. The van der Waals surface area contributed by atoms with Gasteiger partial charge in [0.25, 0.3) is 0 Å². The van der Waals surface area contributed by atoms with E-state index in [1.807, 2.05) is 24.3 Å². The van der Waals surface area contributed by atoms with Crippen LogP contribution in [0.15, 0.2) is 28.8 Å². The van der Waals surface area contributed by atoms with Crippen molar-refractivity contribution in [2.75, 3.05) is 19.0 Å². The summed E-state index contributed by atoms with van der Waals surface area (Å²) in [4.78, 5) is 11.9. The Hall–Kier alpha value is -1.40. The number of nitrogens with one attached hydrogen (secondary N) is 1. The third kappa shape index (κ3) is 3.54. The van der Waals surface area contributed by atoms with Crippen molar-refractivity contribution in [1.82, 2.24) is 10.5 Å². The number of nitrogens with zero attached hydrogens (tertiary/aromatic N) is 1. The molecule has 2 rings (SSSR count). The molecule has 19 heavy (non-hydrogen) atoms. The molecule has 6 heteroatoms. The molecule has 0 aliphatic carbocycles. The highest BCUT2D eigenvalue weighted by molar-refractivity contribution is 9.09. The Morgan fingerprint density at radius 3 is 3.05 bits per heavy atom. The van der Waals surface area contributed by atoms with Crippen LogP contribution in [0.5, 0.6) is 0 Å². The fraction of sp³-hybridized carbons (Fsp3) is 0.385. The highest BCUT2D eigenvalue weighted by atomic mass is 79.9. The van der Waals surface area contributed by atoms with E-state index in [0.717, 1.165) is 5.39 Å². The second-order valence-corrected chi connectivity index (χ2v) is 4.82. The van der Waals surface area contributed by atoms with Crippen LogP contribution >= 0.6 is 15.9 Å². The number of rotatable bonds is 6. The maximum absolute atomic E-state index is 11.9. The number of carbonyl (C=O) groups is 1. The summed E-state index contributed by atoms with van der Waals surface area (Å²) >= 11 is 3.33. The molecule has 102 valence electrons. The zero-order valence-electron chi connectivity index (χ0n) is 10.6. The summed E-state index contributed by atoms with van der Waals surface area (Å²) in [7, 11) is 1.60. The zero-order valence-corrected chi connectivity index (χ0v) is 12.1. The van der Waals surface area contributed by atoms with Gasteiger partial charge in [-0.2, -0.15) is 0 Å². The van der Waals surface area contributed by atoms with Gasteiger partial charge in [0.05, 0.1) is 19.1 Å². The highest BCUT2D eigenvalue weighted by Crippen LogP contribution is 2.17. The highest BCUT2D eigenvalue weighted by Gasteiger charge is 2.15. The molecular formula is C13H15BrN2O3. The molecule has 1 unspecified atom stereocenters. The maximum Gasteiger partial charge on any atom is 0.226 e. The number of benzene rings is 1. The first-order chi connectivity index (χ1) is 9.24. The minimum Gasteiger partial charge on any atom is -0.383 e.